The van der Waals surface area contributed by atoms with Crippen molar-refractivity contribution in [1.82, 2.24) is 10.6 Å². The molecule has 2 atom stereocenters. The van der Waals surface area contributed by atoms with Crippen LogP contribution in [0.4, 0.5) is 0 Å². The molecule has 2 unspecified atom stereocenters. The number of aliphatic imine (C=N–C) groups is 1. The minimum Gasteiger partial charge on any atom is -0.465 e. The van der Waals surface area contributed by atoms with E-state index in [2.05, 4.69) is 36.4 Å². The van der Waals surface area contributed by atoms with Crippen molar-refractivity contribution in [1.29, 1.82) is 0 Å². The highest BCUT2D eigenvalue weighted by Gasteiger charge is 2.35. The summed E-state index contributed by atoms with van der Waals surface area (Å²) in [7, 11) is 1.36. The van der Waals surface area contributed by atoms with Crippen LogP contribution in [0.5, 0.6) is 0 Å². The van der Waals surface area contributed by atoms with Crippen molar-refractivity contribution in [3.63, 3.8) is 0 Å². The van der Waals surface area contributed by atoms with Crippen LogP contribution in [-0.4, -0.2) is 44.8 Å². The number of guanidine groups is 1. The number of hydrogen-bond acceptors (Lipinski definition) is 5. The minimum absolute atomic E-state index is 0.109. The molecule has 2 heterocycles. The quantitative estimate of drug-likeness (QED) is 0.438. The van der Waals surface area contributed by atoms with E-state index >= 15 is 0 Å². The summed E-state index contributed by atoms with van der Waals surface area (Å²) in [5.41, 5.74) is 0.552. The van der Waals surface area contributed by atoms with Crippen molar-refractivity contribution < 1.29 is 18.7 Å². The van der Waals surface area contributed by atoms with E-state index in [1.54, 1.807) is 13.0 Å². The van der Waals surface area contributed by atoms with E-state index in [0.29, 0.717) is 29.5 Å². The Morgan fingerprint density at radius 3 is 2.75 bits per heavy atom. The van der Waals surface area contributed by atoms with Gasteiger partial charge in [0.15, 0.2) is 5.96 Å². The zero-order chi connectivity index (χ0) is 20.7. The van der Waals surface area contributed by atoms with Gasteiger partial charge in [-0.05, 0) is 38.2 Å². The van der Waals surface area contributed by atoms with E-state index in [1.165, 1.54) is 7.11 Å². The number of carbonyl (C=O) groups is 1. The summed E-state index contributed by atoms with van der Waals surface area (Å²) >= 11 is 0. The molecule has 1 fully saturated rings. The summed E-state index contributed by atoms with van der Waals surface area (Å²) in [6, 6.07) is 1.69. The van der Waals surface area contributed by atoms with Crippen LogP contribution in [0.2, 0.25) is 0 Å². The maximum Gasteiger partial charge on any atom is 0.341 e. The van der Waals surface area contributed by atoms with Crippen LogP contribution in [0.3, 0.4) is 0 Å². The van der Waals surface area contributed by atoms with Gasteiger partial charge in [0.2, 0.25) is 0 Å². The molecule has 1 aliphatic heterocycles. The second-order valence-electron chi connectivity index (χ2n) is 8.31. The van der Waals surface area contributed by atoms with Crippen molar-refractivity contribution in [2.75, 3.05) is 26.8 Å². The number of ether oxygens (including phenoxy) is 2. The van der Waals surface area contributed by atoms with Gasteiger partial charge in [-0.3, -0.25) is 0 Å². The van der Waals surface area contributed by atoms with Gasteiger partial charge in [0.25, 0.3) is 0 Å². The third-order valence-electron chi connectivity index (χ3n) is 4.94. The summed E-state index contributed by atoms with van der Waals surface area (Å²) in [4.78, 5) is 16.3. The number of aryl methyl sites for hydroxylation is 1. The first-order chi connectivity index (χ1) is 13.3. The molecule has 0 aliphatic carbocycles. The van der Waals surface area contributed by atoms with Crippen LogP contribution in [0.25, 0.3) is 0 Å². The lowest BCUT2D eigenvalue weighted by atomic mass is 9.78. The molecule has 0 spiro atoms. The zero-order valence-corrected chi connectivity index (χ0v) is 18.1. The number of esters is 1. The number of nitrogens with zero attached hydrogens (tertiary/aromatic N) is 1. The van der Waals surface area contributed by atoms with Gasteiger partial charge in [0, 0.05) is 25.6 Å². The molecule has 28 heavy (non-hydrogen) atoms. The molecule has 2 N–H and O–H groups in total. The largest absolute Gasteiger partial charge is 0.465 e. The summed E-state index contributed by atoms with van der Waals surface area (Å²) in [6.45, 7) is 13.2. The number of hydrogen-bond donors (Lipinski definition) is 2. The average Bonchev–Trinajstić information content (AvgIpc) is 3.03. The van der Waals surface area contributed by atoms with Gasteiger partial charge in [-0.25, -0.2) is 9.79 Å². The molecule has 7 heteroatoms. The van der Waals surface area contributed by atoms with Crippen LogP contribution in [0.1, 0.15) is 62.4 Å². The highest BCUT2D eigenvalue weighted by atomic mass is 16.5. The van der Waals surface area contributed by atoms with Gasteiger partial charge in [-0.15, -0.1) is 0 Å². The maximum absolute atomic E-state index is 11.7. The van der Waals surface area contributed by atoms with Crippen LogP contribution in [0, 0.1) is 18.3 Å². The second-order valence-corrected chi connectivity index (χ2v) is 8.31. The Morgan fingerprint density at radius 1 is 1.36 bits per heavy atom. The molecule has 0 aromatic carbocycles. The number of methoxy groups -OCH3 is 1. The third-order valence-corrected chi connectivity index (χ3v) is 4.94. The topological polar surface area (TPSA) is 85.1 Å². The van der Waals surface area contributed by atoms with Crippen LogP contribution in [0.15, 0.2) is 15.5 Å². The molecular formula is C21H35N3O4. The summed E-state index contributed by atoms with van der Waals surface area (Å²) in [5.74, 6) is 1.95. The predicted molar refractivity (Wildman–Crippen MR) is 110 cm³/mol. The third kappa shape index (κ3) is 5.99. The van der Waals surface area contributed by atoms with Crippen LogP contribution in [-0.2, 0) is 16.0 Å². The number of carbonyl (C=O) groups excluding carboxylic acids is 1. The van der Waals surface area contributed by atoms with E-state index in [1.807, 2.05) is 6.92 Å². The Balaban J connectivity index is 2.01. The van der Waals surface area contributed by atoms with Crippen molar-refractivity contribution in [3.05, 3.63) is 23.2 Å². The highest BCUT2D eigenvalue weighted by Crippen LogP contribution is 2.33. The second kappa shape index (κ2) is 9.96. The normalized spacial score (nSPS) is 20.7. The van der Waals surface area contributed by atoms with Gasteiger partial charge in [-0.2, -0.15) is 0 Å². The fraction of sp³-hybridized carbons (Fsp3) is 0.714. The fourth-order valence-electron chi connectivity index (χ4n) is 3.67. The van der Waals surface area contributed by atoms with Crippen molar-refractivity contribution in [2.45, 2.75) is 60.1 Å². The molecule has 0 amide bonds. The smallest absolute Gasteiger partial charge is 0.341 e. The van der Waals surface area contributed by atoms with Crippen molar-refractivity contribution >= 4 is 11.9 Å². The number of nitrogens with one attached hydrogen (secondary N) is 2. The first-order valence-corrected chi connectivity index (χ1v) is 10.1. The Kier molecular flexibility index (Phi) is 7.92. The Hall–Kier alpha value is -2.02. The van der Waals surface area contributed by atoms with Gasteiger partial charge in [0.1, 0.15) is 23.6 Å². The maximum atomic E-state index is 11.7. The molecule has 2 rings (SSSR count). The van der Waals surface area contributed by atoms with E-state index in [-0.39, 0.29) is 11.5 Å². The predicted octanol–water partition coefficient (Wildman–Crippen LogP) is 3.27. The molecule has 1 aromatic rings. The monoisotopic (exact) mass is 393 g/mol. The number of furan rings is 1. The lowest BCUT2D eigenvalue weighted by Gasteiger charge is -2.40. The van der Waals surface area contributed by atoms with Crippen LogP contribution < -0.4 is 10.6 Å². The Morgan fingerprint density at radius 2 is 2.11 bits per heavy atom. The first kappa shape index (κ1) is 22.3. The molecule has 1 aliphatic rings. The Bertz CT molecular complexity index is 676. The molecule has 1 aromatic heterocycles. The molecule has 158 valence electrons. The van der Waals surface area contributed by atoms with Crippen molar-refractivity contribution in [2.24, 2.45) is 16.3 Å². The lowest BCUT2D eigenvalue weighted by Crippen LogP contribution is -2.47. The number of rotatable bonds is 6. The standard InChI is InChI=1S/C21H35N3O4/c1-7-22-20(23-12-15-9-8-10-27-18(15)21(3,4)5)24-13-16-11-17(14(2)28-16)19(25)26-6/h11,15,18H,7-10,12-13H2,1-6H3,(H2,22,23,24). The fourth-order valence-corrected chi connectivity index (χ4v) is 3.67. The van der Waals surface area contributed by atoms with E-state index in [0.717, 1.165) is 38.5 Å². The highest BCUT2D eigenvalue weighted by molar-refractivity contribution is 5.90. The molecule has 0 saturated carbocycles. The first-order valence-electron chi connectivity index (χ1n) is 10.1. The lowest BCUT2D eigenvalue weighted by molar-refractivity contribution is -0.0835. The Labute approximate surface area is 168 Å². The molecular weight excluding hydrogens is 358 g/mol. The van der Waals surface area contributed by atoms with Gasteiger partial charge >= 0.3 is 5.97 Å². The van der Waals surface area contributed by atoms with Gasteiger partial charge in [-0.1, -0.05) is 20.8 Å². The van der Waals surface area contributed by atoms with Gasteiger partial charge in [0.05, 0.1) is 13.2 Å². The summed E-state index contributed by atoms with van der Waals surface area (Å²) in [6.07, 6.45) is 2.47. The van der Waals surface area contributed by atoms with E-state index < -0.39 is 5.97 Å². The van der Waals surface area contributed by atoms with Crippen molar-refractivity contribution in [3.8, 4) is 0 Å². The van der Waals surface area contributed by atoms with E-state index in [9.17, 15) is 4.79 Å². The summed E-state index contributed by atoms with van der Waals surface area (Å²) in [5, 5.41) is 6.71. The average molecular weight is 394 g/mol. The molecule has 0 bridgehead atoms. The summed E-state index contributed by atoms with van der Waals surface area (Å²) < 4.78 is 16.5. The molecule has 1 saturated heterocycles. The van der Waals surface area contributed by atoms with Gasteiger partial charge < -0.3 is 24.5 Å². The minimum atomic E-state index is -0.396. The van der Waals surface area contributed by atoms with E-state index in [4.69, 9.17) is 13.9 Å². The van der Waals surface area contributed by atoms with Crippen LogP contribution >= 0.6 is 0 Å². The molecule has 7 nitrogen and oxygen atoms in total. The SMILES string of the molecule is CCNC(=NCc1cc(C(=O)OC)c(C)o1)NCC1CCCOC1C(C)(C)C. The molecule has 0 radical (unpaired) electrons. The zero-order valence-electron chi connectivity index (χ0n) is 18.1.